The number of hydrogen-bond donors (Lipinski definition) is 1. The van der Waals surface area contributed by atoms with E-state index in [4.69, 9.17) is 4.74 Å². The summed E-state index contributed by atoms with van der Waals surface area (Å²) in [5, 5.41) is 12.3. The molecule has 3 atom stereocenters. The molecule has 1 heterocycles. The van der Waals surface area contributed by atoms with Crippen molar-refractivity contribution in [2.45, 2.75) is 55.6 Å². The first kappa shape index (κ1) is 17.1. The summed E-state index contributed by atoms with van der Waals surface area (Å²) in [5.74, 6) is 3.80. The van der Waals surface area contributed by atoms with Gasteiger partial charge in [-0.05, 0) is 66.4 Å². The molecule has 3 aliphatic rings. The molecule has 2 aliphatic carbocycles. The molecule has 1 aromatic rings. The molecule has 2 fully saturated rings. The van der Waals surface area contributed by atoms with E-state index >= 15 is 0 Å². The minimum atomic E-state index is -0.754. The normalized spacial score (nSPS) is 36.7. The summed E-state index contributed by atoms with van der Waals surface area (Å²) in [6.45, 7) is 2.37. The Labute approximate surface area is 154 Å². The number of rotatable bonds is 2. The number of fused-ring (bicyclic) bond motifs is 2. The molecular formula is C20H28O2S2. The van der Waals surface area contributed by atoms with E-state index in [0.717, 1.165) is 24.2 Å². The lowest BCUT2D eigenvalue weighted by molar-refractivity contribution is -0.129. The molecule has 2 nitrogen and oxygen atoms in total. The van der Waals surface area contributed by atoms with Crippen LogP contribution < -0.4 is 4.74 Å². The number of thioether (sulfide) groups is 2. The topological polar surface area (TPSA) is 29.5 Å². The lowest BCUT2D eigenvalue weighted by atomic mass is 9.52. The Morgan fingerprint density at radius 2 is 1.96 bits per heavy atom. The lowest BCUT2D eigenvalue weighted by Crippen LogP contribution is -2.58. The van der Waals surface area contributed by atoms with E-state index in [9.17, 15) is 5.11 Å². The molecule has 132 valence electrons. The molecule has 4 heteroatoms. The van der Waals surface area contributed by atoms with Gasteiger partial charge in [0, 0.05) is 5.41 Å². The second-order valence-corrected chi connectivity index (χ2v) is 10.5. The predicted octanol–water partition coefficient (Wildman–Crippen LogP) is 4.83. The van der Waals surface area contributed by atoms with Gasteiger partial charge in [-0.3, -0.25) is 0 Å². The molecule has 0 amide bonds. The highest BCUT2D eigenvalue weighted by Gasteiger charge is 2.60. The van der Waals surface area contributed by atoms with Crippen molar-refractivity contribution in [1.82, 2.24) is 0 Å². The van der Waals surface area contributed by atoms with Gasteiger partial charge in [0.05, 0.1) is 11.7 Å². The minimum Gasteiger partial charge on any atom is -0.497 e. The SMILES string of the molecule is COc1ccc2c(c1)C(O)(C1SCCCS1)C1(C)CCCCC1C2. The fourth-order valence-corrected chi connectivity index (χ4v) is 8.62. The fourth-order valence-electron chi connectivity index (χ4n) is 5.15. The highest BCUT2D eigenvalue weighted by Crippen LogP contribution is 2.63. The van der Waals surface area contributed by atoms with E-state index in [1.807, 2.05) is 23.5 Å². The van der Waals surface area contributed by atoms with E-state index in [1.54, 1.807) is 7.11 Å². The molecule has 3 unspecified atom stereocenters. The molecule has 0 radical (unpaired) electrons. The van der Waals surface area contributed by atoms with Crippen LogP contribution in [0.5, 0.6) is 5.75 Å². The first-order chi connectivity index (χ1) is 11.6. The zero-order valence-electron chi connectivity index (χ0n) is 14.7. The zero-order chi connectivity index (χ0) is 16.8. The van der Waals surface area contributed by atoms with Gasteiger partial charge in [0.15, 0.2) is 0 Å². The van der Waals surface area contributed by atoms with Crippen LogP contribution in [0.25, 0.3) is 0 Å². The van der Waals surface area contributed by atoms with E-state index in [-0.39, 0.29) is 10.00 Å². The van der Waals surface area contributed by atoms with Crippen molar-refractivity contribution in [3.8, 4) is 5.75 Å². The second-order valence-electron chi connectivity index (χ2n) is 7.78. The summed E-state index contributed by atoms with van der Waals surface area (Å²) in [5.41, 5.74) is 1.71. The summed E-state index contributed by atoms with van der Waals surface area (Å²) in [6.07, 6.45) is 7.32. The second kappa shape index (κ2) is 6.44. The van der Waals surface area contributed by atoms with Crippen LogP contribution in [-0.2, 0) is 12.0 Å². The molecule has 1 N–H and O–H groups in total. The first-order valence-electron chi connectivity index (χ1n) is 9.22. The molecule has 0 bridgehead atoms. The Hall–Kier alpha value is -0.320. The number of hydrogen-bond acceptors (Lipinski definition) is 4. The number of benzene rings is 1. The van der Waals surface area contributed by atoms with Crippen molar-refractivity contribution in [3.05, 3.63) is 29.3 Å². The van der Waals surface area contributed by atoms with Gasteiger partial charge in [0.1, 0.15) is 11.4 Å². The van der Waals surface area contributed by atoms with Crippen LogP contribution in [0.1, 0.15) is 50.2 Å². The van der Waals surface area contributed by atoms with Crippen LogP contribution in [0.2, 0.25) is 0 Å². The molecule has 0 spiro atoms. The fraction of sp³-hybridized carbons (Fsp3) is 0.700. The Morgan fingerprint density at radius 1 is 1.17 bits per heavy atom. The Morgan fingerprint density at radius 3 is 2.71 bits per heavy atom. The van der Waals surface area contributed by atoms with Crippen molar-refractivity contribution in [1.29, 1.82) is 0 Å². The Kier molecular flexibility index (Phi) is 4.59. The molecular weight excluding hydrogens is 336 g/mol. The van der Waals surface area contributed by atoms with Gasteiger partial charge in [-0.25, -0.2) is 0 Å². The van der Waals surface area contributed by atoms with Gasteiger partial charge in [-0.1, -0.05) is 25.8 Å². The molecule has 1 saturated carbocycles. The van der Waals surface area contributed by atoms with E-state index < -0.39 is 5.60 Å². The number of ether oxygens (including phenoxy) is 1. The van der Waals surface area contributed by atoms with Gasteiger partial charge >= 0.3 is 0 Å². The molecule has 1 aromatic carbocycles. The summed E-state index contributed by atoms with van der Waals surface area (Å²) >= 11 is 3.94. The highest BCUT2D eigenvalue weighted by atomic mass is 32.2. The van der Waals surface area contributed by atoms with Crippen molar-refractivity contribution in [2.75, 3.05) is 18.6 Å². The molecule has 0 aromatic heterocycles. The average Bonchev–Trinajstić information content (AvgIpc) is 2.63. The smallest absolute Gasteiger partial charge is 0.119 e. The van der Waals surface area contributed by atoms with E-state index in [1.165, 1.54) is 42.8 Å². The summed E-state index contributed by atoms with van der Waals surface area (Å²) < 4.78 is 5.74. The minimum absolute atomic E-state index is 0.0212. The third-order valence-electron chi connectivity index (χ3n) is 6.63. The van der Waals surface area contributed by atoms with Crippen molar-refractivity contribution < 1.29 is 9.84 Å². The van der Waals surface area contributed by atoms with Crippen LogP contribution in [0.4, 0.5) is 0 Å². The molecule has 4 rings (SSSR count). The van der Waals surface area contributed by atoms with E-state index in [2.05, 4.69) is 25.1 Å². The summed E-state index contributed by atoms with van der Waals surface area (Å²) in [4.78, 5) is 0. The van der Waals surface area contributed by atoms with Crippen LogP contribution in [0, 0.1) is 11.3 Å². The van der Waals surface area contributed by atoms with Gasteiger partial charge in [0.2, 0.25) is 0 Å². The Bertz CT molecular complexity index is 614. The van der Waals surface area contributed by atoms with Gasteiger partial charge in [-0.2, -0.15) is 0 Å². The number of methoxy groups -OCH3 is 1. The molecule has 24 heavy (non-hydrogen) atoms. The third-order valence-corrected chi connectivity index (χ3v) is 9.79. The quantitative estimate of drug-likeness (QED) is 0.814. The van der Waals surface area contributed by atoms with Crippen molar-refractivity contribution in [3.63, 3.8) is 0 Å². The average molecular weight is 365 g/mol. The predicted molar refractivity (Wildman–Crippen MR) is 104 cm³/mol. The maximum atomic E-state index is 12.3. The molecule has 1 aliphatic heterocycles. The van der Waals surface area contributed by atoms with Crippen molar-refractivity contribution >= 4 is 23.5 Å². The van der Waals surface area contributed by atoms with Crippen LogP contribution in [-0.4, -0.2) is 28.3 Å². The summed E-state index contributed by atoms with van der Waals surface area (Å²) in [7, 11) is 1.72. The lowest BCUT2D eigenvalue weighted by Gasteiger charge is -2.59. The third kappa shape index (κ3) is 2.44. The maximum Gasteiger partial charge on any atom is 0.119 e. The van der Waals surface area contributed by atoms with Crippen LogP contribution >= 0.6 is 23.5 Å². The largest absolute Gasteiger partial charge is 0.497 e. The summed E-state index contributed by atoms with van der Waals surface area (Å²) in [6, 6.07) is 6.39. The number of aliphatic hydroxyl groups is 1. The van der Waals surface area contributed by atoms with Crippen molar-refractivity contribution in [2.24, 2.45) is 11.3 Å². The van der Waals surface area contributed by atoms with E-state index in [0.29, 0.717) is 5.92 Å². The van der Waals surface area contributed by atoms with Gasteiger partial charge < -0.3 is 9.84 Å². The highest BCUT2D eigenvalue weighted by molar-refractivity contribution is 8.17. The van der Waals surface area contributed by atoms with Gasteiger partial charge in [-0.15, -0.1) is 23.5 Å². The zero-order valence-corrected chi connectivity index (χ0v) is 16.3. The standard InChI is InChI=1S/C20H28O2S2/c1-19-9-4-3-6-15(19)12-14-7-8-16(22-2)13-17(14)20(19,21)18-23-10-5-11-24-18/h7-8,13,15,18,21H,3-6,9-12H2,1-2H3. The Balaban J connectivity index is 1.88. The molecule has 1 saturated heterocycles. The van der Waals surface area contributed by atoms with Gasteiger partial charge in [0.25, 0.3) is 0 Å². The maximum absolute atomic E-state index is 12.3. The van der Waals surface area contributed by atoms with Crippen LogP contribution in [0.3, 0.4) is 0 Å². The monoisotopic (exact) mass is 364 g/mol. The first-order valence-corrected chi connectivity index (χ1v) is 11.3. The van der Waals surface area contributed by atoms with Crippen LogP contribution in [0.15, 0.2) is 18.2 Å².